The molecule has 0 radical (unpaired) electrons. The molecule has 0 unspecified atom stereocenters. The first-order valence-corrected chi connectivity index (χ1v) is 4.14. The molecule has 0 atom stereocenters. The van der Waals surface area contributed by atoms with Crippen LogP contribution in [0.5, 0.6) is 0 Å². The predicted molar refractivity (Wildman–Crippen MR) is 48.2 cm³/mol. The van der Waals surface area contributed by atoms with Crippen LogP contribution in [0.2, 0.25) is 0 Å². The molecule has 0 amide bonds. The summed E-state index contributed by atoms with van der Waals surface area (Å²) in [5.74, 6) is 0. The molecule has 0 rings (SSSR count). The van der Waals surface area contributed by atoms with Gasteiger partial charge >= 0.3 is 0 Å². The van der Waals surface area contributed by atoms with E-state index >= 15 is 0 Å². The summed E-state index contributed by atoms with van der Waals surface area (Å²) < 4.78 is 0. The maximum atomic E-state index is 3.08. The summed E-state index contributed by atoms with van der Waals surface area (Å²) in [7, 11) is 4.08. The van der Waals surface area contributed by atoms with Gasteiger partial charge in [0.15, 0.2) is 0 Å². The van der Waals surface area contributed by atoms with E-state index in [0.717, 1.165) is 6.67 Å². The van der Waals surface area contributed by atoms with E-state index in [4.69, 9.17) is 0 Å². The maximum Gasteiger partial charge on any atom is 0.0475 e. The minimum absolute atomic E-state index is 0.994. The Morgan fingerprint density at radius 3 is 2.10 bits per heavy atom. The smallest absolute Gasteiger partial charge is 0.0475 e. The third-order valence-electron chi connectivity index (χ3n) is 1.03. The van der Waals surface area contributed by atoms with Crippen molar-refractivity contribution >= 4 is 0 Å². The van der Waals surface area contributed by atoms with Gasteiger partial charge in [-0.25, -0.2) is 0 Å². The molecule has 0 aromatic rings. The number of nitrogens with one attached hydrogen (secondary N) is 1. The van der Waals surface area contributed by atoms with Crippen LogP contribution < -0.4 is 5.32 Å². The van der Waals surface area contributed by atoms with E-state index in [0.29, 0.717) is 0 Å². The molecule has 0 aliphatic rings. The van der Waals surface area contributed by atoms with E-state index in [-0.39, 0.29) is 0 Å². The Hall–Kier alpha value is -0.0800. The molecule has 2 heteroatoms. The first-order valence-electron chi connectivity index (χ1n) is 4.14. The maximum absolute atomic E-state index is 3.08. The van der Waals surface area contributed by atoms with Gasteiger partial charge in [-0.2, -0.15) is 0 Å². The Morgan fingerprint density at radius 2 is 1.80 bits per heavy atom. The molecule has 64 valence electrons. The van der Waals surface area contributed by atoms with Gasteiger partial charge in [-0.05, 0) is 27.1 Å². The van der Waals surface area contributed by atoms with E-state index in [2.05, 4.69) is 24.2 Å². The predicted octanol–water partition coefficient (Wildman–Crippen LogP) is 1.53. The highest BCUT2D eigenvalue weighted by Crippen LogP contribution is 1.80. The average Bonchev–Trinajstić information content (AvgIpc) is 1.93. The van der Waals surface area contributed by atoms with Crippen LogP contribution in [0.3, 0.4) is 0 Å². The fraction of sp³-hybridized carbons (Fsp3) is 1.00. The van der Waals surface area contributed by atoms with Crippen molar-refractivity contribution in [1.29, 1.82) is 0 Å². The van der Waals surface area contributed by atoms with E-state index in [9.17, 15) is 0 Å². The summed E-state index contributed by atoms with van der Waals surface area (Å²) in [6, 6.07) is 0. The van der Waals surface area contributed by atoms with Crippen LogP contribution in [-0.2, 0) is 0 Å². The molecule has 0 aromatic carbocycles. The summed E-state index contributed by atoms with van der Waals surface area (Å²) >= 11 is 0. The lowest BCUT2D eigenvalue weighted by Gasteiger charge is -2.13. The van der Waals surface area contributed by atoms with Crippen molar-refractivity contribution in [3.8, 4) is 0 Å². The topological polar surface area (TPSA) is 15.3 Å². The molecule has 0 aliphatic heterocycles. The second-order valence-corrected chi connectivity index (χ2v) is 2.09. The standard InChI is InChI=1S/C6H16N2.C2H6/c1-4-5-8(3)6-7-2;1-2/h7H,4-6H2,1-3H3;1-2H3. The van der Waals surface area contributed by atoms with Crippen molar-refractivity contribution in [2.24, 2.45) is 0 Å². The van der Waals surface area contributed by atoms with Crippen LogP contribution in [0.15, 0.2) is 0 Å². The van der Waals surface area contributed by atoms with Crippen LogP contribution in [0.1, 0.15) is 27.2 Å². The molecular weight excluding hydrogens is 124 g/mol. The van der Waals surface area contributed by atoms with Crippen LogP contribution >= 0.6 is 0 Å². The Labute approximate surface area is 65.6 Å². The van der Waals surface area contributed by atoms with E-state index in [1.165, 1.54) is 13.0 Å². The zero-order valence-electron chi connectivity index (χ0n) is 8.07. The first-order chi connectivity index (χ1) is 4.81. The molecule has 0 heterocycles. The number of hydrogen-bond acceptors (Lipinski definition) is 2. The van der Waals surface area contributed by atoms with Gasteiger partial charge in [0.05, 0.1) is 0 Å². The molecule has 0 saturated heterocycles. The highest BCUT2D eigenvalue weighted by molar-refractivity contribution is 4.43. The number of hydrogen-bond donors (Lipinski definition) is 1. The van der Waals surface area contributed by atoms with Gasteiger partial charge in [-0.1, -0.05) is 20.8 Å². The van der Waals surface area contributed by atoms with Crippen molar-refractivity contribution in [3.63, 3.8) is 0 Å². The Balaban J connectivity index is 0. The summed E-state index contributed by atoms with van der Waals surface area (Å²) in [6.07, 6.45) is 1.23. The average molecular weight is 146 g/mol. The summed E-state index contributed by atoms with van der Waals surface area (Å²) in [5.41, 5.74) is 0. The molecular formula is C8H22N2. The fourth-order valence-corrected chi connectivity index (χ4v) is 0.731. The van der Waals surface area contributed by atoms with Gasteiger partial charge in [0.25, 0.3) is 0 Å². The second kappa shape index (κ2) is 11.7. The zero-order valence-corrected chi connectivity index (χ0v) is 8.07. The van der Waals surface area contributed by atoms with E-state index in [1.54, 1.807) is 0 Å². The number of rotatable bonds is 4. The molecule has 0 saturated carbocycles. The van der Waals surface area contributed by atoms with Crippen LogP contribution in [0.25, 0.3) is 0 Å². The molecule has 1 N–H and O–H groups in total. The van der Waals surface area contributed by atoms with Crippen LogP contribution in [-0.4, -0.2) is 32.2 Å². The molecule has 0 aliphatic carbocycles. The molecule has 0 spiro atoms. The van der Waals surface area contributed by atoms with Crippen molar-refractivity contribution in [2.75, 3.05) is 27.3 Å². The van der Waals surface area contributed by atoms with Crippen LogP contribution in [0.4, 0.5) is 0 Å². The monoisotopic (exact) mass is 146 g/mol. The second-order valence-electron chi connectivity index (χ2n) is 2.09. The Kier molecular flexibility index (Phi) is 14.7. The lowest BCUT2D eigenvalue weighted by Crippen LogP contribution is -2.28. The van der Waals surface area contributed by atoms with Gasteiger partial charge in [0.2, 0.25) is 0 Å². The van der Waals surface area contributed by atoms with E-state index < -0.39 is 0 Å². The molecule has 0 fully saturated rings. The minimum Gasteiger partial charge on any atom is -0.307 e. The first kappa shape index (κ1) is 12.6. The molecule has 2 nitrogen and oxygen atoms in total. The lowest BCUT2D eigenvalue weighted by atomic mass is 10.5. The third kappa shape index (κ3) is 10.8. The van der Waals surface area contributed by atoms with Crippen molar-refractivity contribution in [2.45, 2.75) is 27.2 Å². The SMILES string of the molecule is CC.CCCN(C)CNC. The summed E-state index contributed by atoms with van der Waals surface area (Å²) in [4.78, 5) is 2.25. The highest BCUT2D eigenvalue weighted by Gasteiger charge is 1.89. The van der Waals surface area contributed by atoms with Gasteiger partial charge in [-0.15, -0.1) is 0 Å². The van der Waals surface area contributed by atoms with Gasteiger partial charge in [0.1, 0.15) is 0 Å². The van der Waals surface area contributed by atoms with Crippen molar-refractivity contribution in [1.82, 2.24) is 10.2 Å². The third-order valence-corrected chi connectivity index (χ3v) is 1.03. The summed E-state index contributed by atoms with van der Waals surface area (Å²) in [5, 5.41) is 3.08. The van der Waals surface area contributed by atoms with Crippen molar-refractivity contribution in [3.05, 3.63) is 0 Å². The Morgan fingerprint density at radius 1 is 1.30 bits per heavy atom. The van der Waals surface area contributed by atoms with Crippen LogP contribution in [0, 0.1) is 0 Å². The van der Waals surface area contributed by atoms with Gasteiger partial charge in [-0.3, -0.25) is 4.90 Å². The summed E-state index contributed by atoms with van der Waals surface area (Å²) in [6.45, 7) is 8.36. The quantitative estimate of drug-likeness (QED) is 0.605. The Bertz CT molecular complexity index is 40.5. The van der Waals surface area contributed by atoms with Gasteiger partial charge in [0, 0.05) is 6.67 Å². The molecule has 0 aromatic heterocycles. The largest absolute Gasteiger partial charge is 0.307 e. The zero-order chi connectivity index (χ0) is 8.41. The number of nitrogens with zero attached hydrogens (tertiary/aromatic N) is 1. The normalized spacial score (nSPS) is 9.00. The van der Waals surface area contributed by atoms with Crippen molar-refractivity contribution < 1.29 is 0 Å². The van der Waals surface area contributed by atoms with Gasteiger partial charge < -0.3 is 5.32 Å². The minimum atomic E-state index is 0.994. The molecule has 0 bridgehead atoms. The fourth-order valence-electron chi connectivity index (χ4n) is 0.731. The van der Waals surface area contributed by atoms with E-state index in [1.807, 2.05) is 20.9 Å². The highest BCUT2D eigenvalue weighted by atomic mass is 15.2. The molecule has 10 heavy (non-hydrogen) atoms. The lowest BCUT2D eigenvalue weighted by molar-refractivity contribution is 0.318.